The van der Waals surface area contributed by atoms with E-state index in [2.05, 4.69) is 5.32 Å². The van der Waals surface area contributed by atoms with Gasteiger partial charge in [0.15, 0.2) is 6.61 Å². The van der Waals surface area contributed by atoms with Crippen molar-refractivity contribution in [3.63, 3.8) is 0 Å². The van der Waals surface area contributed by atoms with E-state index >= 15 is 0 Å². The quantitative estimate of drug-likeness (QED) is 0.559. The van der Waals surface area contributed by atoms with Gasteiger partial charge in [0.1, 0.15) is 0 Å². The molecule has 4 bridgehead atoms. The average molecular weight is 472 g/mol. The number of aliphatic hydroxyl groups is 1. The Kier molecular flexibility index (Phi) is 5.72. The first-order chi connectivity index (χ1) is 15.3. The number of benzene rings is 2. The van der Waals surface area contributed by atoms with Gasteiger partial charge in [-0.15, -0.1) is 0 Å². The van der Waals surface area contributed by atoms with Crippen LogP contribution in [0.4, 0.5) is 5.69 Å². The maximum absolute atomic E-state index is 13.0. The molecule has 0 spiro atoms. The lowest BCUT2D eigenvalue weighted by Crippen LogP contribution is -2.58. The van der Waals surface area contributed by atoms with E-state index in [0.717, 1.165) is 41.9 Å². The van der Waals surface area contributed by atoms with Crippen molar-refractivity contribution in [2.75, 3.05) is 11.9 Å². The van der Waals surface area contributed by atoms with Crippen LogP contribution in [-0.2, 0) is 14.3 Å². The third kappa shape index (κ3) is 4.41. The zero-order chi connectivity index (χ0) is 22.3. The third-order valence-corrected chi connectivity index (χ3v) is 8.34. The van der Waals surface area contributed by atoms with Crippen LogP contribution in [-0.4, -0.2) is 29.2 Å². The Bertz CT molecular complexity index is 1030. The number of esters is 1. The number of halogens is 1. The summed E-state index contributed by atoms with van der Waals surface area (Å²) in [6.07, 6.45) is 4.69. The molecule has 2 unspecified atom stereocenters. The van der Waals surface area contributed by atoms with Crippen LogP contribution in [0, 0.1) is 17.3 Å². The molecule has 4 aliphatic carbocycles. The van der Waals surface area contributed by atoms with E-state index < -0.39 is 11.0 Å². The van der Waals surface area contributed by atoms with E-state index in [-0.39, 0.29) is 18.5 Å². The van der Waals surface area contributed by atoms with Crippen molar-refractivity contribution in [2.24, 2.45) is 17.3 Å². The Hall–Kier alpha value is -2.02. The smallest absolute Gasteiger partial charge is 0.312 e. The fourth-order valence-electron chi connectivity index (χ4n) is 6.21. The Morgan fingerprint density at radius 2 is 1.75 bits per heavy atom. The molecule has 0 saturated heterocycles. The Labute approximate surface area is 196 Å². The molecule has 0 aliphatic heterocycles. The van der Waals surface area contributed by atoms with Gasteiger partial charge in [-0.3, -0.25) is 9.59 Å². The molecule has 1 amide bonds. The number of hydrogen-bond acceptors (Lipinski definition) is 5. The molecule has 2 atom stereocenters. The maximum atomic E-state index is 13.0. The van der Waals surface area contributed by atoms with Crippen LogP contribution in [0.15, 0.2) is 58.3 Å². The summed E-state index contributed by atoms with van der Waals surface area (Å²) in [5.74, 6) is 0.0775. The van der Waals surface area contributed by atoms with Crippen LogP contribution in [0.25, 0.3) is 0 Å². The first-order valence-corrected chi connectivity index (χ1v) is 12.2. The molecule has 4 saturated carbocycles. The highest BCUT2D eigenvalue weighted by molar-refractivity contribution is 7.99. The van der Waals surface area contributed by atoms with Crippen LogP contribution in [0.2, 0.25) is 5.02 Å². The van der Waals surface area contributed by atoms with Gasteiger partial charge < -0.3 is 15.2 Å². The monoisotopic (exact) mass is 471 g/mol. The van der Waals surface area contributed by atoms with Crippen molar-refractivity contribution in [1.29, 1.82) is 0 Å². The molecular weight excluding hydrogens is 446 g/mol. The molecule has 168 valence electrons. The number of anilines is 1. The van der Waals surface area contributed by atoms with Crippen LogP contribution >= 0.6 is 23.4 Å². The molecule has 32 heavy (non-hydrogen) atoms. The number of amides is 1. The molecule has 2 aromatic rings. The third-order valence-electron chi connectivity index (χ3n) is 7.00. The Morgan fingerprint density at radius 1 is 1.06 bits per heavy atom. The average Bonchev–Trinajstić information content (AvgIpc) is 2.73. The summed E-state index contributed by atoms with van der Waals surface area (Å²) >= 11 is 7.48. The van der Waals surface area contributed by atoms with Gasteiger partial charge in [-0.1, -0.05) is 35.5 Å². The van der Waals surface area contributed by atoms with E-state index in [1.54, 1.807) is 0 Å². The number of carbonyl (C=O) groups is 2. The molecule has 4 aliphatic rings. The van der Waals surface area contributed by atoms with E-state index in [1.165, 1.54) is 11.8 Å². The molecule has 4 fully saturated rings. The predicted molar refractivity (Wildman–Crippen MR) is 124 cm³/mol. The summed E-state index contributed by atoms with van der Waals surface area (Å²) in [6, 6.07) is 15.0. The molecular formula is C25H26ClNO4S. The zero-order valence-corrected chi connectivity index (χ0v) is 19.3. The van der Waals surface area contributed by atoms with Crippen molar-refractivity contribution in [2.45, 2.75) is 53.9 Å². The van der Waals surface area contributed by atoms with Gasteiger partial charge in [-0.25, -0.2) is 0 Å². The minimum absolute atomic E-state index is 0.325. The first-order valence-electron chi connectivity index (χ1n) is 11.0. The summed E-state index contributed by atoms with van der Waals surface area (Å²) in [6.45, 7) is -0.325. The van der Waals surface area contributed by atoms with Crippen LogP contribution < -0.4 is 5.32 Å². The lowest BCUT2D eigenvalue weighted by atomic mass is 9.48. The van der Waals surface area contributed by atoms with Gasteiger partial charge >= 0.3 is 5.97 Å². The van der Waals surface area contributed by atoms with Gasteiger partial charge in [0.25, 0.3) is 5.91 Å². The largest absolute Gasteiger partial charge is 0.455 e. The maximum Gasteiger partial charge on any atom is 0.312 e. The normalized spacial score (nSPS) is 30.2. The number of nitrogens with one attached hydrogen (secondary N) is 1. The van der Waals surface area contributed by atoms with Crippen LogP contribution in [0.3, 0.4) is 0 Å². The Morgan fingerprint density at radius 3 is 2.44 bits per heavy atom. The number of carbonyl (C=O) groups excluding carboxylic acids is 2. The summed E-state index contributed by atoms with van der Waals surface area (Å²) in [5.41, 5.74) is -0.692. The number of hydrogen-bond donors (Lipinski definition) is 2. The van der Waals surface area contributed by atoms with E-state index in [0.29, 0.717) is 29.0 Å². The zero-order valence-electron chi connectivity index (χ0n) is 17.7. The molecule has 0 radical (unpaired) electrons. The number of ether oxygens (including phenoxy) is 1. The minimum atomic E-state index is -0.733. The fourth-order valence-corrected chi connectivity index (χ4v) is 7.24. The van der Waals surface area contributed by atoms with Crippen molar-refractivity contribution in [1.82, 2.24) is 0 Å². The van der Waals surface area contributed by atoms with Crippen molar-refractivity contribution < 1.29 is 19.4 Å². The van der Waals surface area contributed by atoms with Crippen molar-refractivity contribution >= 4 is 40.9 Å². The number of rotatable bonds is 6. The Balaban J connectivity index is 1.21. The topological polar surface area (TPSA) is 75.6 Å². The summed E-state index contributed by atoms with van der Waals surface area (Å²) in [4.78, 5) is 27.5. The molecule has 0 aromatic heterocycles. The lowest BCUT2D eigenvalue weighted by molar-refractivity contribution is -0.196. The molecule has 2 aromatic carbocycles. The van der Waals surface area contributed by atoms with E-state index in [9.17, 15) is 14.7 Å². The van der Waals surface area contributed by atoms with Crippen molar-refractivity contribution in [3.8, 4) is 0 Å². The highest BCUT2D eigenvalue weighted by Crippen LogP contribution is 2.62. The second-order valence-electron chi connectivity index (χ2n) is 9.64. The fraction of sp³-hybridized carbons (Fsp3) is 0.440. The van der Waals surface area contributed by atoms with E-state index in [4.69, 9.17) is 16.3 Å². The highest BCUT2D eigenvalue weighted by Gasteiger charge is 2.60. The first kappa shape index (κ1) is 21.8. The number of para-hydroxylation sites is 1. The molecule has 6 rings (SSSR count). The highest BCUT2D eigenvalue weighted by atomic mass is 35.5. The summed E-state index contributed by atoms with van der Waals surface area (Å²) < 4.78 is 5.49. The van der Waals surface area contributed by atoms with Gasteiger partial charge in [-0.2, -0.15) is 0 Å². The van der Waals surface area contributed by atoms with Gasteiger partial charge in [0.2, 0.25) is 0 Å². The van der Waals surface area contributed by atoms with Gasteiger partial charge in [0.05, 0.1) is 16.7 Å². The van der Waals surface area contributed by atoms with Gasteiger partial charge in [-0.05, 0) is 86.8 Å². The SMILES string of the molecule is O=C(COC(=O)C12CC3CC(CC(O)(C3)C1)C2)Nc1ccccc1Sc1ccc(Cl)cc1. The summed E-state index contributed by atoms with van der Waals surface area (Å²) in [5, 5.41) is 14.4. The summed E-state index contributed by atoms with van der Waals surface area (Å²) in [7, 11) is 0. The predicted octanol–water partition coefficient (Wildman–Crippen LogP) is 5.30. The minimum Gasteiger partial charge on any atom is -0.455 e. The van der Waals surface area contributed by atoms with Crippen LogP contribution in [0.5, 0.6) is 0 Å². The molecule has 5 nitrogen and oxygen atoms in total. The standard InChI is InChI=1S/C25H26ClNO4S/c26-18-5-7-19(8-6-18)32-21-4-2-1-3-20(21)27-22(28)14-31-23(29)24-10-16-9-17(11-24)13-25(30,12-16)15-24/h1-8,16-17,30H,9-15H2,(H,27,28). The van der Waals surface area contributed by atoms with Crippen LogP contribution in [0.1, 0.15) is 38.5 Å². The molecule has 0 heterocycles. The van der Waals surface area contributed by atoms with Crippen molar-refractivity contribution in [3.05, 3.63) is 53.6 Å². The molecule has 2 N–H and O–H groups in total. The lowest BCUT2D eigenvalue weighted by Gasteiger charge is -2.58. The van der Waals surface area contributed by atoms with Gasteiger partial charge in [0, 0.05) is 14.8 Å². The van der Waals surface area contributed by atoms with E-state index in [1.807, 2.05) is 48.5 Å². The molecule has 7 heteroatoms. The second-order valence-corrected chi connectivity index (χ2v) is 11.2. The second kappa shape index (κ2) is 8.40.